The van der Waals surface area contributed by atoms with Crippen LogP contribution in [-0.2, 0) is 23.1 Å². The smallest absolute Gasteiger partial charge is 0.260 e. The Labute approximate surface area is 223 Å². The van der Waals surface area contributed by atoms with Crippen LogP contribution in [0, 0.1) is 5.82 Å². The highest BCUT2D eigenvalue weighted by Gasteiger charge is 2.25. The molecule has 0 saturated heterocycles. The Morgan fingerprint density at radius 2 is 1.63 bits per heavy atom. The Bertz CT molecular complexity index is 1680. The first kappa shape index (κ1) is 25.7. The van der Waals surface area contributed by atoms with Gasteiger partial charge in [-0.05, 0) is 54.1 Å². The van der Waals surface area contributed by atoms with Crippen molar-refractivity contribution in [2.75, 3.05) is 11.9 Å². The Balaban J connectivity index is 1.44. The normalized spacial score (nSPS) is 11.7. The van der Waals surface area contributed by atoms with Crippen LogP contribution >= 0.6 is 11.3 Å². The molecule has 2 aromatic heterocycles. The summed E-state index contributed by atoms with van der Waals surface area (Å²) in [5.74, 6) is -0.874. The summed E-state index contributed by atoms with van der Waals surface area (Å²) in [5.41, 5.74) is 1.95. The minimum atomic E-state index is -3.78. The summed E-state index contributed by atoms with van der Waals surface area (Å²) >= 11 is 1.20. The molecular weight excluding hydrogens is 523 g/mol. The fourth-order valence-electron chi connectivity index (χ4n) is 3.93. The van der Waals surface area contributed by atoms with Crippen molar-refractivity contribution in [3.05, 3.63) is 120 Å². The second kappa shape index (κ2) is 10.8. The van der Waals surface area contributed by atoms with E-state index in [9.17, 15) is 17.6 Å². The number of benzene rings is 3. The summed E-state index contributed by atoms with van der Waals surface area (Å²) in [6, 6.07) is 25.1. The number of pyridine rings is 1. The highest BCUT2D eigenvalue weighted by Crippen LogP contribution is 2.32. The van der Waals surface area contributed by atoms with Crippen molar-refractivity contribution in [3.8, 4) is 0 Å². The quantitative estimate of drug-likeness (QED) is 0.257. The molecule has 10 heteroatoms. The molecule has 5 aromatic rings. The zero-order valence-electron chi connectivity index (χ0n) is 20.4. The zero-order valence-corrected chi connectivity index (χ0v) is 22.0. The molecule has 0 bridgehead atoms. The fourth-order valence-corrected chi connectivity index (χ4v) is 6.07. The highest BCUT2D eigenvalue weighted by molar-refractivity contribution is 7.89. The van der Waals surface area contributed by atoms with Crippen molar-refractivity contribution in [2.24, 2.45) is 0 Å². The minimum absolute atomic E-state index is 0.0748. The summed E-state index contributed by atoms with van der Waals surface area (Å²) < 4.78 is 42.5. The van der Waals surface area contributed by atoms with Crippen LogP contribution in [0.1, 0.15) is 21.6 Å². The summed E-state index contributed by atoms with van der Waals surface area (Å²) in [7, 11) is -2.26. The summed E-state index contributed by atoms with van der Waals surface area (Å²) in [6.45, 7) is 0.330. The monoisotopic (exact) mass is 546 g/mol. The van der Waals surface area contributed by atoms with Crippen molar-refractivity contribution >= 4 is 42.6 Å². The Kier molecular flexibility index (Phi) is 7.28. The summed E-state index contributed by atoms with van der Waals surface area (Å²) in [6.07, 6.45) is 1.63. The second-order valence-corrected chi connectivity index (χ2v) is 11.6. The molecule has 3 aromatic carbocycles. The number of aromatic nitrogens is 2. The number of hydrogen-bond donors (Lipinski definition) is 0. The van der Waals surface area contributed by atoms with Gasteiger partial charge >= 0.3 is 0 Å². The van der Waals surface area contributed by atoms with E-state index in [1.54, 1.807) is 30.5 Å². The van der Waals surface area contributed by atoms with Crippen LogP contribution < -0.4 is 4.90 Å². The van der Waals surface area contributed by atoms with Crippen molar-refractivity contribution < 1.29 is 17.6 Å². The first-order valence-electron chi connectivity index (χ1n) is 11.7. The van der Waals surface area contributed by atoms with Crippen molar-refractivity contribution in [2.45, 2.75) is 18.0 Å². The van der Waals surface area contributed by atoms with Gasteiger partial charge in [0.05, 0.1) is 21.8 Å². The maximum absolute atomic E-state index is 14.3. The van der Waals surface area contributed by atoms with Gasteiger partial charge in [-0.25, -0.2) is 17.8 Å². The number of para-hydroxylation sites is 1. The van der Waals surface area contributed by atoms with Crippen LogP contribution in [0.25, 0.3) is 10.2 Å². The van der Waals surface area contributed by atoms with E-state index < -0.39 is 21.7 Å². The van der Waals surface area contributed by atoms with Gasteiger partial charge in [0.15, 0.2) is 5.13 Å². The number of carbonyl (C=O) groups excluding carboxylic acids is 1. The molecule has 0 aliphatic rings. The standard InChI is InChI=1S/C28H23FN4O3S2/c1-32(18-20-8-3-2-4-9-20)38(35,36)23-15-13-21(14-16-23)27(34)33(19-22-10-5-6-17-30-22)28-31-26-24(29)11-7-12-25(26)37-28/h2-17H,18-19H2,1H3. The molecule has 38 heavy (non-hydrogen) atoms. The molecule has 0 saturated carbocycles. The second-order valence-electron chi connectivity index (χ2n) is 8.57. The molecule has 2 heterocycles. The van der Waals surface area contributed by atoms with Crippen molar-refractivity contribution in [1.29, 1.82) is 0 Å². The number of nitrogens with zero attached hydrogens (tertiary/aromatic N) is 4. The van der Waals surface area contributed by atoms with E-state index in [2.05, 4.69) is 9.97 Å². The average Bonchev–Trinajstić information content (AvgIpc) is 3.38. The molecule has 192 valence electrons. The molecule has 5 rings (SSSR count). The van der Waals surface area contributed by atoms with Gasteiger partial charge in [-0.1, -0.05) is 53.8 Å². The third kappa shape index (κ3) is 5.33. The lowest BCUT2D eigenvalue weighted by atomic mass is 10.2. The molecule has 0 spiro atoms. The Hall–Kier alpha value is -3.99. The topological polar surface area (TPSA) is 83.5 Å². The number of carbonyl (C=O) groups is 1. The minimum Gasteiger partial charge on any atom is -0.278 e. The molecule has 0 aliphatic carbocycles. The molecule has 0 N–H and O–H groups in total. The molecule has 0 aliphatic heterocycles. The number of amides is 1. The predicted molar refractivity (Wildman–Crippen MR) is 146 cm³/mol. The summed E-state index contributed by atoms with van der Waals surface area (Å²) in [4.78, 5) is 23.9. The van der Waals surface area contributed by atoms with Gasteiger partial charge in [-0.3, -0.25) is 14.7 Å². The molecular formula is C28H23FN4O3S2. The number of anilines is 1. The largest absolute Gasteiger partial charge is 0.278 e. The van der Waals surface area contributed by atoms with E-state index in [1.165, 1.54) is 57.9 Å². The van der Waals surface area contributed by atoms with Gasteiger partial charge in [-0.2, -0.15) is 4.31 Å². The average molecular weight is 547 g/mol. The molecule has 7 nitrogen and oxygen atoms in total. The number of sulfonamides is 1. The fraction of sp³-hybridized carbons (Fsp3) is 0.107. The van der Waals surface area contributed by atoms with E-state index >= 15 is 0 Å². The number of fused-ring (bicyclic) bond motifs is 1. The number of rotatable bonds is 8. The van der Waals surface area contributed by atoms with E-state index in [0.717, 1.165) is 5.56 Å². The van der Waals surface area contributed by atoms with E-state index in [0.29, 0.717) is 15.5 Å². The molecule has 1 amide bonds. The third-order valence-corrected chi connectivity index (χ3v) is 8.80. The Morgan fingerprint density at radius 1 is 0.895 bits per heavy atom. The van der Waals surface area contributed by atoms with Crippen molar-refractivity contribution in [1.82, 2.24) is 14.3 Å². The molecule has 0 atom stereocenters. The van der Waals surface area contributed by atoms with Crippen LogP contribution in [0.5, 0.6) is 0 Å². The first-order valence-corrected chi connectivity index (χ1v) is 14.0. The third-order valence-electron chi connectivity index (χ3n) is 5.94. The Morgan fingerprint density at radius 3 is 2.32 bits per heavy atom. The van der Waals surface area contributed by atoms with Crippen LogP contribution in [0.4, 0.5) is 9.52 Å². The SMILES string of the molecule is CN(Cc1ccccc1)S(=O)(=O)c1ccc(C(=O)N(Cc2ccccn2)c2nc3c(F)cccc3s2)cc1. The maximum atomic E-state index is 14.3. The van der Waals surface area contributed by atoms with E-state index in [1.807, 2.05) is 36.4 Å². The lowest BCUT2D eigenvalue weighted by Gasteiger charge is -2.20. The van der Waals surface area contributed by atoms with Gasteiger partial charge in [0.25, 0.3) is 5.91 Å². The predicted octanol–water partition coefficient (Wildman–Crippen LogP) is 5.50. The van der Waals surface area contributed by atoms with Gasteiger partial charge in [0.2, 0.25) is 10.0 Å². The van der Waals surface area contributed by atoms with Crippen LogP contribution in [0.2, 0.25) is 0 Å². The number of thiazole rings is 1. The molecule has 0 radical (unpaired) electrons. The molecule has 0 unspecified atom stereocenters. The lowest BCUT2D eigenvalue weighted by molar-refractivity contribution is 0.0984. The van der Waals surface area contributed by atoms with Crippen LogP contribution in [0.15, 0.2) is 102 Å². The van der Waals surface area contributed by atoms with Gasteiger partial charge < -0.3 is 0 Å². The van der Waals surface area contributed by atoms with Crippen LogP contribution in [0.3, 0.4) is 0 Å². The lowest BCUT2D eigenvalue weighted by Crippen LogP contribution is -2.31. The number of halogens is 1. The number of hydrogen-bond acceptors (Lipinski definition) is 6. The van der Waals surface area contributed by atoms with Gasteiger partial charge in [0, 0.05) is 25.4 Å². The van der Waals surface area contributed by atoms with Gasteiger partial charge in [-0.15, -0.1) is 0 Å². The van der Waals surface area contributed by atoms with E-state index in [4.69, 9.17) is 0 Å². The van der Waals surface area contributed by atoms with Crippen LogP contribution in [-0.4, -0.2) is 35.6 Å². The summed E-state index contributed by atoms with van der Waals surface area (Å²) in [5, 5.41) is 0.319. The molecule has 0 fully saturated rings. The maximum Gasteiger partial charge on any atom is 0.260 e. The van der Waals surface area contributed by atoms with Gasteiger partial charge in [0.1, 0.15) is 11.3 Å². The highest BCUT2D eigenvalue weighted by atomic mass is 32.2. The van der Waals surface area contributed by atoms with E-state index in [-0.39, 0.29) is 29.1 Å². The van der Waals surface area contributed by atoms with Crippen molar-refractivity contribution in [3.63, 3.8) is 0 Å². The first-order chi connectivity index (χ1) is 18.3. The zero-order chi connectivity index (χ0) is 26.7.